The van der Waals surface area contributed by atoms with Crippen molar-refractivity contribution in [3.05, 3.63) is 83.4 Å². The molecule has 0 aliphatic rings. The van der Waals surface area contributed by atoms with E-state index in [0.717, 1.165) is 16.8 Å². The van der Waals surface area contributed by atoms with Gasteiger partial charge >= 0.3 is 0 Å². The maximum Gasteiger partial charge on any atom is 0.243 e. The van der Waals surface area contributed by atoms with E-state index >= 15 is 0 Å². The molecule has 166 valence electrons. The molecule has 0 bridgehead atoms. The highest BCUT2D eigenvalue weighted by atomic mass is 16.2. The molecular formula is C22H26N8O2. The zero-order valence-electron chi connectivity index (χ0n) is 17.5. The third-order valence-electron chi connectivity index (χ3n) is 4.66. The molecule has 2 heterocycles. The van der Waals surface area contributed by atoms with Crippen molar-refractivity contribution in [2.24, 2.45) is 10.9 Å². The summed E-state index contributed by atoms with van der Waals surface area (Å²) in [5, 5.41) is 18.9. The average Bonchev–Trinajstić information content (AvgIpc) is 3.34. The van der Waals surface area contributed by atoms with Gasteiger partial charge in [-0.3, -0.25) is 25.0 Å². The number of nitrogens with zero attached hydrogens (tertiary/aromatic N) is 3. The van der Waals surface area contributed by atoms with Gasteiger partial charge in [0.1, 0.15) is 6.04 Å². The van der Waals surface area contributed by atoms with Crippen LogP contribution in [0.15, 0.2) is 66.0 Å². The maximum atomic E-state index is 12.8. The Bertz CT molecular complexity index is 1000. The van der Waals surface area contributed by atoms with Crippen LogP contribution in [0.3, 0.4) is 0 Å². The molecule has 0 saturated heterocycles. The predicted molar refractivity (Wildman–Crippen MR) is 120 cm³/mol. The summed E-state index contributed by atoms with van der Waals surface area (Å²) in [4.78, 5) is 29.1. The number of nitrogens with one attached hydrogen (secondary N) is 4. The number of pyridine rings is 1. The minimum atomic E-state index is -0.691. The van der Waals surface area contributed by atoms with Crippen LogP contribution in [0.1, 0.15) is 28.6 Å². The van der Waals surface area contributed by atoms with E-state index in [1.54, 1.807) is 24.7 Å². The topological polar surface area (TPSA) is 150 Å². The number of rotatable bonds is 11. The first-order valence-electron chi connectivity index (χ1n) is 10.1. The number of amides is 2. The summed E-state index contributed by atoms with van der Waals surface area (Å²) in [6, 6.07) is 14.3. The molecule has 1 aromatic carbocycles. The second-order valence-corrected chi connectivity index (χ2v) is 6.98. The highest BCUT2D eigenvalue weighted by molar-refractivity contribution is 5.87. The normalized spacial score (nSPS) is 11.9. The lowest BCUT2D eigenvalue weighted by Crippen LogP contribution is -2.43. The molecule has 10 nitrogen and oxygen atoms in total. The minimum Gasteiger partial charge on any atom is -0.354 e. The van der Waals surface area contributed by atoms with Gasteiger partial charge in [-0.25, -0.2) is 0 Å². The molecule has 3 aromatic rings. The third kappa shape index (κ3) is 7.03. The lowest BCUT2D eigenvalue weighted by atomic mass is 10.1. The van der Waals surface area contributed by atoms with Crippen molar-refractivity contribution in [1.29, 1.82) is 0 Å². The Morgan fingerprint density at radius 1 is 1.09 bits per heavy atom. The van der Waals surface area contributed by atoms with Gasteiger partial charge in [0, 0.05) is 37.6 Å². The fourth-order valence-electron chi connectivity index (χ4n) is 3.01. The molecule has 0 aliphatic carbocycles. The first kappa shape index (κ1) is 22.6. The quantitative estimate of drug-likeness (QED) is 0.167. The number of H-pyrrole nitrogens is 1. The number of carbonyl (C=O) groups is 2. The largest absolute Gasteiger partial charge is 0.354 e. The molecule has 2 amide bonds. The summed E-state index contributed by atoms with van der Waals surface area (Å²) >= 11 is 0. The van der Waals surface area contributed by atoms with Crippen molar-refractivity contribution in [1.82, 2.24) is 31.1 Å². The second kappa shape index (κ2) is 12.0. The molecule has 0 aliphatic heterocycles. The van der Waals surface area contributed by atoms with Crippen LogP contribution in [0, 0.1) is 0 Å². The SMILES string of the molecule is NN=Cc1ccc(CNC(C(=O)NCC(=O)NCCc2ccccn2)c2ccn[nH]2)cc1. The van der Waals surface area contributed by atoms with E-state index in [1.807, 2.05) is 42.5 Å². The first-order chi connectivity index (χ1) is 15.7. The van der Waals surface area contributed by atoms with Gasteiger partial charge in [-0.2, -0.15) is 10.2 Å². The number of hydrogen-bond donors (Lipinski definition) is 5. The maximum absolute atomic E-state index is 12.8. The van der Waals surface area contributed by atoms with Gasteiger partial charge in [0.25, 0.3) is 0 Å². The van der Waals surface area contributed by atoms with E-state index in [0.29, 0.717) is 25.2 Å². The van der Waals surface area contributed by atoms with E-state index in [4.69, 9.17) is 5.84 Å². The molecular weight excluding hydrogens is 408 g/mol. The summed E-state index contributed by atoms with van der Waals surface area (Å²) in [5.41, 5.74) is 3.35. The number of aromatic amines is 1. The highest BCUT2D eigenvalue weighted by Crippen LogP contribution is 2.11. The van der Waals surface area contributed by atoms with Gasteiger partial charge in [-0.1, -0.05) is 30.3 Å². The summed E-state index contributed by atoms with van der Waals surface area (Å²) in [6.07, 6.45) is 5.46. The number of benzene rings is 1. The van der Waals surface area contributed by atoms with Gasteiger partial charge < -0.3 is 16.5 Å². The Labute approximate surface area is 185 Å². The molecule has 0 spiro atoms. The average molecular weight is 435 g/mol. The predicted octanol–water partition coefficient (Wildman–Crippen LogP) is 0.403. The lowest BCUT2D eigenvalue weighted by Gasteiger charge is -2.17. The third-order valence-corrected chi connectivity index (χ3v) is 4.66. The molecule has 32 heavy (non-hydrogen) atoms. The molecule has 2 aromatic heterocycles. The standard InChI is InChI=1S/C22H26N8O2/c23-28-14-17-6-4-16(5-7-17)13-26-21(19-9-12-29-30-19)22(32)27-15-20(31)25-11-8-18-3-1-2-10-24-18/h1-7,9-10,12,14,21,26H,8,11,13,15,23H2,(H,25,31)(H,27,32)(H,29,30). The highest BCUT2D eigenvalue weighted by Gasteiger charge is 2.22. The van der Waals surface area contributed by atoms with Crippen LogP contribution in [0.2, 0.25) is 0 Å². The fourth-order valence-corrected chi connectivity index (χ4v) is 3.01. The van der Waals surface area contributed by atoms with Crippen molar-refractivity contribution in [3.63, 3.8) is 0 Å². The van der Waals surface area contributed by atoms with Crippen molar-refractivity contribution in [2.45, 2.75) is 19.0 Å². The minimum absolute atomic E-state index is 0.125. The van der Waals surface area contributed by atoms with Gasteiger partial charge in [0.05, 0.1) is 18.5 Å². The molecule has 6 N–H and O–H groups in total. The van der Waals surface area contributed by atoms with Crippen LogP contribution in [-0.2, 0) is 22.6 Å². The van der Waals surface area contributed by atoms with Crippen LogP contribution in [-0.4, -0.2) is 46.3 Å². The number of nitrogens with two attached hydrogens (primary N) is 1. The molecule has 0 fully saturated rings. The smallest absolute Gasteiger partial charge is 0.243 e. The number of hydrazone groups is 1. The summed E-state index contributed by atoms with van der Waals surface area (Å²) in [7, 11) is 0. The molecule has 10 heteroatoms. The Hall–Kier alpha value is -4.05. The van der Waals surface area contributed by atoms with E-state index in [1.165, 1.54) is 0 Å². The van der Waals surface area contributed by atoms with Gasteiger partial charge in [-0.15, -0.1) is 0 Å². The van der Waals surface area contributed by atoms with E-state index in [-0.39, 0.29) is 18.4 Å². The first-order valence-corrected chi connectivity index (χ1v) is 10.1. The monoisotopic (exact) mass is 434 g/mol. The van der Waals surface area contributed by atoms with Crippen molar-refractivity contribution in [2.75, 3.05) is 13.1 Å². The summed E-state index contributed by atoms with van der Waals surface area (Å²) < 4.78 is 0. The van der Waals surface area contributed by atoms with E-state index in [2.05, 4.69) is 36.2 Å². The zero-order valence-corrected chi connectivity index (χ0v) is 17.5. The summed E-state index contributed by atoms with van der Waals surface area (Å²) in [6.45, 7) is 0.757. The number of hydrogen-bond acceptors (Lipinski definition) is 7. The Morgan fingerprint density at radius 3 is 2.62 bits per heavy atom. The zero-order chi connectivity index (χ0) is 22.6. The van der Waals surface area contributed by atoms with Crippen molar-refractivity contribution in [3.8, 4) is 0 Å². The van der Waals surface area contributed by atoms with Crippen LogP contribution in [0.4, 0.5) is 0 Å². The molecule has 1 atom stereocenters. The Kier molecular flexibility index (Phi) is 8.46. The Balaban J connectivity index is 1.49. The lowest BCUT2D eigenvalue weighted by molar-refractivity contribution is -0.127. The van der Waals surface area contributed by atoms with Crippen LogP contribution in [0.25, 0.3) is 0 Å². The van der Waals surface area contributed by atoms with Gasteiger partial charge in [0.2, 0.25) is 11.8 Å². The molecule has 1 unspecified atom stereocenters. The van der Waals surface area contributed by atoms with E-state index < -0.39 is 6.04 Å². The summed E-state index contributed by atoms with van der Waals surface area (Å²) in [5.74, 6) is 4.56. The fraction of sp³-hybridized carbons (Fsp3) is 0.227. The molecule has 3 rings (SSSR count). The van der Waals surface area contributed by atoms with Crippen LogP contribution in [0.5, 0.6) is 0 Å². The van der Waals surface area contributed by atoms with Crippen LogP contribution < -0.4 is 21.8 Å². The van der Waals surface area contributed by atoms with Crippen molar-refractivity contribution < 1.29 is 9.59 Å². The van der Waals surface area contributed by atoms with E-state index in [9.17, 15) is 9.59 Å². The number of aromatic nitrogens is 3. The molecule has 0 saturated carbocycles. The van der Waals surface area contributed by atoms with Crippen molar-refractivity contribution >= 4 is 18.0 Å². The molecule has 0 radical (unpaired) electrons. The van der Waals surface area contributed by atoms with Crippen LogP contribution >= 0.6 is 0 Å². The Morgan fingerprint density at radius 2 is 1.94 bits per heavy atom. The van der Waals surface area contributed by atoms with Gasteiger partial charge in [-0.05, 0) is 29.3 Å². The second-order valence-electron chi connectivity index (χ2n) is 6.98. The van der Waals surface area contributed by atoms with Gasteiger partial charge in [0.15, 0.2) is 0 Å². The number of carbonyl (C=O) groups excluding carboxylic acids is 2.